The minimum atomic E-state index is -0.247. The molecule has 0 saturated carbocycles. The molecule has 7 heteroatoms. The standard InChI is InChI=1S/C18H22N4O2S/c1-20-7-4-8-21(10-9-20)17(24)13-11-16(23)22(12-13)18-19-14-5-2-3-6-15(14)25-18/h2-3,5-6,13H,4,7-12H2,1H3. The molecule has 0 aliphatic carbocycles. The molecule has 3 heterocycles. The number of fused-ring (bicyclic) bond motifs is 1. The highest BCUT2D eigenvalue weighted by molar-refractivity contribution is 7.22. The number of carbonyl (C=O) groups is 2. The number of amides is 2. The Morgan fingerprint density at radius 1 is 1.20 bits per heavy atom. The van der Waals surface area contributed by atoms with Gasteiger partial charge in [0, 0.05) is 32.6 Å². The smallest absolute Gasteiger partial charge is 0.229 e. The van der Waals surface area contributed by atoms with Gasteiger partial charge in [0.15, 0.2) is 5.13 Å². The number of aromatic nitrogens is 1. The molecule has 4 rings (SSSR count). The van der Waals surface area contributed by atoms with Crippen molar-refractivity contribution >= 4 is 38.5 Å². The first-order valence-corrected chi connectivity index (χ1v) is 9.57. The summed E-state index contributed by atoms with van der Waals surface area (Å²) < 4.78 is 1.07. The Hall–Kier alpha value is -1.99. The number of para-hydroxylation sites is 1. The maximum Gasteiger partial charge on any atom is 0.229 e. The quantitative estimate of drug-likeness (QED) is 0.822. The van der Waals surface area contributed by atoms with Crippen LogP contribution in [0.25, 0.3) is 10.2 Å². The van der Waals surface area contributed by atoms with Gasteiger partial charge >= 0.3 is 0 Å². The van der Waals surface area contributed by atoms with Gasteiger partial charge in [-0.25, -0.2) is 4.98 Å². The molecule has 2 saturated heterocycles. The first kappa shape index (κ1) is 16.5. The van der Waals surface area contributed by atoms with Crippen LogP contribution in [-0.4, -0.2) is 66.4 Å². The Morgan fingerprint density at radius 3 is 2.88 bits per heavy atom. The van der Waals surface area contributed by atoms with Gasteiger partial charge in [-0.15, -0.1) is 0 Å². The summed E-state index contributed by atoms with van der Waals surface area (Å²) in [6.45, 7) is 3.90. The van der Waals surface area contributed by atoms with Crippen LogP contribution < -0.4 is 4.90 Å². The van der Waals surface area contributed by atoms with Crippen LogP contribution >= 0.6 is 11.3 Å². The fourth-order valence-corrected chi connectivity index (χ4v) is 4.55. The summed E-state index contributed by atoms with van der Waals surface area (Å²) in [5.41, 5.74) is 0.903. The molecule has 0 bridgehead atoms. The summed E-state index contributed by atoms with van der Waals surface area (Å²) in [4.78, 5) is 35.8. The van der Waals surface area contributed by atoms with Crippen molar-refractivity contribution < 1.29 is 9.59 Å². The topological polar surface area (TPSA) is 56.8 Å². The number of anilines is 1. The van der Waals surface area contributed by atoms with Crippen molar-refractivity contribution in [1.29, 1.82) is 0 Å². The van der Waals surface area contributed by atoms with E-state index in [1.807, 2.05) is 29.2 Å². The Balaban J connectivity index is 1.48. The number of nitrogens with zero attached hydrogens (tertiary/aromatic N) is 4. The lowest BCUT2D eigenvalue weighted by molar-refractivity contribution is -0.135. The van der Waals surface area contributed by atoms with E-state index in [2.05, 4.69) is 16.9 Å². The highest BCUT2D eigenvalue weighted by atomic mass is 32.1. The normalized spacial score (nSPS) is 22.6. The lowest BCUT2D eigenvalue weighted by Crippen LogP contribution is -2.39. The molecular weight excluding hydrogens is 336 g/mol. The fraction of sp³-hybridized carbons (Fsp3) is 0.500. The molecule has 0 radical (unpaired) electrons. The number of carbonyl (C=O) groups excluding carboxylic acids is 2. The van der Waals surface area contributed by atoms with Crippen LogP contribution in [0.3, 0.4) is 0 Å². The molecule has 2 aliphatic heterocycles. The molecule has 0 N–H and O–H groups in total. The van der Waals surface area contributed by atoms with E-state index < -0.39 is 0 Å². The largest absolute Gasteiger partial charge is 0.341 e. The van der Waals surface area contributed by atoms with Crippen molar-refractivity contribution in [2.24, 2.45) is 5.92 Å². The predicted molar refractivity (Wildman–Crippen MR) is 98.8 cm³/mol. The van der Waals surface area contributed by atoms with E-state index in [1.165, 1.54) is 11.3 Å². The first-order valence-electron chi connectivity index (χ1n) is 8.75. The van der Waals surface area contributed by atoms with Gasteiger partial charge in [0.25, 0.3) is 0 Å². The van der Waals surface area contributed by atoms with Crippen molar-refractivity contribution in [3.8, 4) is 0 Å². The van der Waals surface area contributed by atoms with Crippen LogP contribution in [0.5, 0.6) is 0 Å². The number of rotatable bonds is 2. The van der Waals surface area contributed by atoms with Crippen LogP contribution in [-0.2, 0) is 9.59 Å². The second-order valence-corrected chi connectivity index (χ2v) is 7.86. The molecule has 25 heavy (non-hydrogen) atoms. The zero-order valence-electron chi connectivity index (χ0n) is 14.4. The van der Waals surface area contributed by atoms with Crippen molar-refractivity contribution in [3.05, 3.63) is 24.3 Å². The van der Waals surface area contributed by atoms with Crippen LogP contribution in [0.1, 0.15) is 12.8 Å². The van der Waals surface area contributed by atoms with E-state index in [1.54, 1.807) is 4.90 Å². The van der Waals surface area contributed by atoms with Crippen molar-refractivity contribution in [2.45, 2.75) is 12.8 Å². The lowest BCUT2D eigenvalue weighted by atomic mass is 10.1. The van der Waals surface area contributed by atoms with E-state index >= 15 is 0 Å². The van der Waals surface area contributed by atoms with Gasteiger partial charge in [0.1, 0.15) is 0 Å². The Bertz CT molecular complexity index is 772. The number of hydrogen-bond donors (Lipinski definition) is 0. The maximum atomic E-state index is 12.9. The number of benzene rings is 1. The molecule has 2 aromatic rings. The van der Waals surface area contributed by atoms with Gasteiger partial charge < -0.3 is 9.80 Å². The SMILES string of the molecule is CN1CCCN(C(=O)C2CC(=O)N(c3nc4ccccc4s3)C2)CC1. The maximum absolute atomic E-state index is 12.9. The first-order chi connectivity index (χ1) is 12.1. The minimum Gasteiger partial charge on any atom is -0.341 e. The third-order valence-electron chi connectivity index (χ3n) is 5.02. The molecule has 2 aliphatic rings. The van der Waals surface area contributed by atoms with Crippen molar-refractivity contribution in [2.75, 3.05) is 44.7 Å². The molecule has 6 nitrogen and oxygen atoms in total. The Labute approximate surface area is 151 Å². The summed E-state index contributed by atoms with van der Waals surface area (Å²) in [6, 6.07) is 7.87. The highest BCUT2D eigenvalue weighted by Gasteiger charge is 2.38. The average molecular weight is 358 g/mol. The monoisotopic (exact) mass is 358 g/mol. The molecule has 1 atom stereocenters. The van der Waals surface area contributed by atoms with Gasteiger partial charge in [-0.2, -0.15) is 0 Å². The van der Waals surface area contributed by atoms with Crippen LogP contribution in [0, 0.1) is 5.92 Å². The minimum absolute atomic E-state index is 0.00402. The number of likely N-dealkylation sites (N-methyl/N-ethyl adjacent to an activating group) is 1. The fourth-order valence-electron chi connectivity index (χ4n) is 3.56. The van der Waals surface area contributed by atoms with Gasteiger partial charge in [-0.3, -0.25) is 14.5 Å². The summed E-state index contributed by atoms with van der Waals surface area (Å²) in [6.07, 6.45) is 1.28. The third kappa shape index (κ3) is 3.26. The summed E-state index contributed by atoms with van der Waals surface area (Å²) in [5, 5.41) is 0.706. The van der Waals surface area contributed by atoms with E-state index in [0.717, 1.165) is 42.8 Å². The van der Waals surface area contributed by atoms with E-state index in [0.29, 0.717) is 18.1 Å². The number of thiazole rings is 1. The third-order valence-corrected chi connectivity index (χ3v) is 6.08. The lowest BCUT2D eigenvalue weighted by Gasteiger charge is -2.23. The van der Waals surface area contributed by atoms with E-state index in [-0.39, 0.29) is 17.7 Å². The zero-order chi connectivity index (χ0) is 17.4. The van der Waals surface area contributed by atoms with E-state index in [4.69, 9.17) is 0 Å². The zero-order valence-corrected chi connectivity index (χ0v) is 15.2. The van der Waals surface area contributed by atoms with Gasteiger partial charge in [-0.05, 0) is 32.1 Å². The van der Waals surface area contributed by atoms with Gasteiger partial charge in [0.2, 0.25) is 11.8 Å². The second kappa shape index (κ2) is 6.72. The van der Waals surface area contributed by atoms with Crippen LogP contribution in [0.2, 0.25) is 0 Å². The Morgan fingerprint density at radius 2 is 2.04 bits per heavy atom. The molecule has 2 fully saturated rings. The molecule has 1 aromatic carbocycles. The van der Waals surface area contributed by atoms with Crippen LogP contribution in [0.15, 0.2) is 24.3 Å². The van der Waals surface area contributed by atoms with Gasteiger partial charge in [-0.1, -0.05) is 23.5 Å². The summed E-state index contributed by atoms with van der Waals surface area (Å²) in [7, 11) is 2.09. The summed E-state index contributed by atoms with van der Waals surface area (Å²) in [5.74, 6) is -0.125. The number of hydrogen-bond acceptors (Lipinski definition) is 5. The van der Waals surface area contributed by atoms with Crippen LogP contribution in [0.4, 0.5) is 5.13 Å². The van der Waals surface area contributed by atoms with E-state index in [9.17, 15) is 9.59 Å². The van der Waals surface area contributed by atoms with Crippen molar-refractivity contribution in [1.82, 2.24) is 14.8 Å². The molecule has 1 unspecified atom stereocenters. The molecular formula is C18H22N4O2S. The Kier molecular flexibility index (Phi) is 4.43. The molecule has 132 valence electrons. The highest BCUT2D eigenvalue weighted by Crippen LogP contribution is 2.33. The van der Waals surface area contributed by atoms with Crippen molar-refractivity contribution in [3.63, 3.8) is 0 Å². The second-order valence-electron chi connectivity index (χ2n) is 6.85. The predicted octanol–water partition coefficient (Wildman–Crippen LogP) is 1.81. The summed E-state index contributed by atoms with van der Waals surface area (Å²) >= 11 is 1.51. The molecule has 0 spiro atoms. The average Bonchev–Trinajstić information content (AvgIpc) is 3.13. The molecule has 1 aromatic heterocycles. The van der Waals surface area contributed by atoms with Gasteiger partial charge in [0.05, 0.1) is 16.1 Å². The molecule has 2 amide bonds.